The lowest BCUT2D eigenvalue weighted by Crippen LogP contribution is -2.20. The number of ether oxygens (including phenoxy) is 2. The van der Waals surface area contributed by atoms with E-state index in [0.717, 1.165) is 18.9 Å². The zero-order chi connectivity index (χ0) is 10.6. The molecule has 0 radical (unpaired) electrons. The van der Waals surface area contributed by atoms with E-state index in [0.29, 0.717) is 17.1 Å². The zero-order valence-corrected chi connectivity index (χ0v) is 7.92. The van der Waals surface area contributed by atoms with Crippen LogP contribution in [-0.2, 0) is 5.54 Å². The largest absolute Gasteiger partial charge is 0.504 e. The number of phenolic OH excluding ortho intramolecular Hbond substituents is 1. The van der Waals surface area contributed by atoms with Crippen molar-refractivity contribution in [3.63, 3.8) is 0 Å². The smallest absolute Gasteiger partial charge is 0.231 e. The molecule has 5 heteroatoms. The predicted octanol–water partition coefficient (Wildman–Crippen LogP) is 1.21. The topological polar surface area (TPSA) is 64.7 Å². The van der Waals surface area contributed by atoms with Crippen molar-refractivity contribution in [2.24, 2.45) is 5.73 Å². The fraction of sp³-hybridized carbons (Fsp3) is 0.400. The second-order valence-corrected chi connectivity index (χ2v) is 3.97. The van der Waals surface area contributed by atoms with Gasteiger partial charge in [0.15, 0.2) is 23.1 Å². The highest BCUT2D eigenvalue weighted by Crippen LogP contribution is 2.54. The van der Waals surface area contributed by atoms with Gasteiger partial charge in [-0.1, -0.05) is 0 Å². The zero-order valence-electron chi connectivity index (χ0n) is 7.92. The molecular formula is C10H10FNO3. The highest BCUT2D eigenvalue weighted by Gasteiger charge is 2.47. The van der Waals surface area contributed by atoms with E-state index in [1.165, 1.54) is 0 Å². The molecule has 1 fully saturated rings. The molecule has 1 aromatic rings. The predicted molar refractivity (Wildman–Crippen MR) is 49.3 cm³/mol. The lowest BCUT2D eigenvalue weighted by atomic mass is 10.0. The van der Waals surface area contributed by atoms with Gasteiger partial charge in [0, 0.05) is 11.6 Å². The van der Waals surface area contributed by atoms with E-state index in [1.54, 1.807) is 0 Å². The maximum atomic E-state index is 13.4. The van der Waals surface area contributed by atoms with E-state index >= 15 is 0 Å². The fourth-order valence-corrected chi connectivity index (χ4v) is 1.85. The Labute approximate surface area is 85.4 Å². The van der Waals surface area contributed by atoms with Crippen molar-refractivity contribution in [1.82, 2.24) is 0 Å². The van der Waals surface area contributed by atoms with Crippen molar-refractivity contribution in [1.29, 1.82) is 0 Å². The molecule has 80 valence electrons. The van der Waals surface area contributed by atoms with Crippen molar-refractivity contribution < 1.29 is 19.0 Å². The Morgan fingerprint density at radius 3 is 2.80 bits per heavy atom. The first-order chi connectivity index (χ1) is 7.12. The highest BCUT2D eigenvalue weighted by atomic mass is 19.1. The van der Waals surface area contributed by atoms with E-state index in [9.17, 15) is 9.50 Å². The van der Waals surface area contributed by atoms with Crippen LogP contribution in [-0.4, -0.2) is 11.9 Å². The SMILES string of the molecule is NC1(c2c(O)c(F)cc3c2OCO3)CC1. The van der Waals surface area contributed by atoms with Gasteiger partial charge >= 0.3 is 0 Å². The van der Waals surface area contributed by atoms with Crippen molar-refractivity contribution in [3.8, 4) is 17.2 Å². The van der Waals surface area contributed by atoms with Crippen molar-refractivity contribution in [3.05, 3.63) is 17.4 Å². The minimum atomic E-state index is -0.717. The lowest BCUT2D eigenvalue weighted by Gasteiger charge is -2.14. The lowest BCUT2D eigenvalue weighted by molar-refractivity contribution is 0.172. The Balaban J connectivity index is 2.26. The molecule has 2 aliphatic rings. The van der Waals surface area contributed by atoms with Gasteiger partial charge in [-0.25, -0.2) is 4.39 Å². The fourth-order valence-electron chi connectivity index (χ4n) is 1.85. The minimum absolute atomic E-state index is 0.0430. The van der Waals surface area contributed by atoms with Crippen LogP contribution in [0.15, 0.2) is 6.07 Å². The molecule has 1 aliphatic carbocycles. The van der Waals surface area contributed by atoms with Gasteiger partial charge in [-0.2, -0.15) is 0 Å². The molecular weight excluding hydrogens is 201 g/mol. The van der Waals surface area contributed by atoms with Crippen molar-refractivity contribution in [2.45, 2.75) is 18.4 Å². The van der Waals surface area contributed by atoms with E-state index in [1.807, 2.05) is 0 Å². The first-order valence-corrected chi connectivity index (χ1v) is 4.72. The van der Waals surface area contributed by atoms with Crippen LogP contribution >= 0.6 is 0 Å². The molecule has 0 unspecified atom stereocenters. The molecule has 1 heterocycles. The number of hydrogen-bond acceptors (Lipinski definition) is 4. The van der Waals surface area contributed by atoms with Crippen molar-refractivity contribution in [2.75, 3.05) is 6.79 Å². The minimum Gasteiger partial charge on any atom is -0.504 e. The Morgan fingerprint density at radius 2 is 2.13 bits per heavy atom. The Kier molecular flexibility index (Phi) is 1.49. The number of nitrogens with two attached hydrogens (primary N) is 1. The summed E-state index contributed by atoms with van der Waals surface area (Å²) in [6, 6.07) is 1.12. The molecule has 1 saturated carbocycles. The molecule has 3 rings (SSSR count). The maximum Gasteiger partial charge on any atom is 0.231 e. The molecule has 0 saturated heterocycles. The molecule has 0 bridgehead atoms. The number of rotatable bonds is 1. The Hall–Kier alpha value is -1.49. The molecule has 0 atom stereocenters. The summed E-state index contributed by atoms with van der Waals surface area (Å²) >= 11 is 0. The standard InChI is InChI=1S/C10H10FNO3/c11-5-3-6-9(15-4-14-6)7(8(5)13)10(12)1-2-10/h3,13H,1-2,4,12H2. The second kappa shape index (κ2) is 2.55. The number of benzene rings is 1. The third kappa shape index (κ3) is 1.10. The van der Waals surface area contributed by atoms with Gasteiger partial charge in [0.05, 0.1) is 5.56 Å². The van der Waals surface area contributed by atoms with Crippen LogP contribution in [0.2, 0.25) is 0 Å². The summed E-state index contributed by atoms with van der Waals surface area (Å²) in [5.74, 6) is -0.434. The third-order valence-electron chi connectivity index (χ3n) is 2.88. The van der Waals surface area contributed by atoms with Crippen LogP contribution in [0.3, 0.4) is 0 Å². The molecule has 0 amide bonds. The summed E-state index contributed by atoms with van der Waals surface area (Å²) in [6.45, 7) is 0.0430. The summed E-state index contributed by atoms with van der Waals surface area (Å²) in [4.78, 5) is 0. The summed E-state index contributed by atoms with van der Waals surface area (Å²) in [5.41, 5.74) is 5.64. The molecule has 0 aromatic heterocycles. The van der Waals surface area contributed by atoms with Gasteiger partial charge in [-0.3, -0.25) is 0 Å². The first-order valence-electron chi connectivity index (χ1n) is 4.72. The Morgan fingerprint density at radius 1 is 1.40 bits per heavy atom. The highest BCUT2D eigenvalue weighted by molar-refractivity contribution is 5.59. The number of aromatic hydroxyl groups is 1. The monoisotopic (exact) mass is 211 g/mol. The van der Waals surface area contributed by atoms with Gasteiger partial charge < -0.3 is 20.3 Å². The molecule has 1 aromatic carbocycles. The van der Waals surface area contributed by atoms with Crippen LogP contribution in [0.5, 0.6) is 17.2 Å². The molecule has 0 spiro atoms. The van der Waals surface area contributed by atoms with Gasteiger partial charge in [0.25, 0.3) is 0 Å². The number of fused-ring (bicyclic) bond motifs is 1. The second-order valence-electron chi connectivity index (χ2n) is 3.97. The summed E-state index contributed by atoms with van der Waals surface area (Å²) in [5, 5.41) is 9.65. The van der Waals surface area contributed by atoms with Gasteiger partial charge in [-0.05, 0) is 12.8 Å². The number of hydrogen-bond donors (Lipinski definition) is 2. The van der Waals surface area contributed by atoms with Gasteiger partial charge in [-0.15, -0.1) is 0 Å². The average Bonchev–Trinajstić information content (AvgIpc) is 2.76. The number of halogens is 1. The van der Waals surface area contributed by atoms with Crippen LogP contribution < -0.4 is 15.2 Å². The summed E-state index contributed by atoms with van der Waals surface area (Å²) in [6.07, 6.45) is 1.44. The number of phenols is 1. The Bertz CT molecular complexity index is 443. The van der Waals surface area contributed by atoms with Crippen LogP contribution in [0, 0.1) is 5.82 Å². The van der Waals surface area contributed by atoms with Gasteiger partial charge in [0.2, 0.25) is 6.79 Å². The third-order valence-corrected chi connectivity index (χ3v) is 2.88. The summed E-state index contributed by atoms with van der Waals surface area (Å²) in [7, 11) is 0. The van der Waals surface area contributed by atoms with Crippen molar-refractivity contribution >= 4 is 0 Å². The van der Waals surface area contributed by atoms with E-state index in [-0.39, 0.29) is 6.79 Å². The molecule has 3 N–H and O–H groups in total. The van der Waals surface area contributed by atoms with Crippen LogP contribution in [0.4, 0.5) is 4.39 Å². The van der Waals surface area contributed by atoms with E-state index in [4.69, 9.17) is 15.2 Å². The normalized spacial score (nSPS) is 20.4. The van der Waals surface area contributed by atoms with Gasteiger partial charge in [0.1, 0.15) is 0 Å². The first kappa shape index (κ1) is 8.79. The van der Waals surface area contributed by atoms with Crippen LogP contribution in [0.1, 0.15) is 18.4 Å². The molecule has 1 aliphatic heterocycles. The quantitative estimate of drug-likeness (QED) is 0.732. The van der Waals surface area contributed by atoms with E-state index < -0.39 is 17.1 Å². The molecule has 4 nitrogen and oxygen atoms in total. The average molecular weight is 211 g/mol. The molecule has 15 heavy (non-hydrogen) atoms. The summed E-state index contributed by atoms with van der Waals surface area (Å²) < 4.78 is 23.6. The van der Waals surface area contributed by atoms with E-state index in [2.05, 4.69) is 0 Å². The van der Waals surface area contributed by atoms with Crippen LogP contribution in [0.25, 0.3) is 0 Å². The maximum absolute atomic E-state index is 13.4.